The molecule has 1 saturated heterocycles. The molecule has 0 radical (unpaired) electrons. The van der Waals surface area contributed by atoms with Gasteiger partial charge in [-0.25, -0.2) is 19.8 Å². The zero-order chi connectivity index (χ0) is 17.4. The molecule has 6 nitrogen and oxygen atoms in total. The highest BCUT2D eigenvalue weighted by Crippen LogP contribution is 2.36. The van der Waals surface area contributed by atoms with E-state index in [0.717, 1.165) is 28.5 Å². The summed E-state index contributed by atoms with van der Waals surface area (Å²) < 4.78 is 19.3. The Bertz CT molecular complexity index is 769. The molecule has 2 atom stereocenters. The lowest BCUT2D eigenvalue weighted by molar-refractivity contribution is 0.242. The molecule has 0 spiro atoms. The van der Waals surface area contributed by atoms with Crippen LogP contribution < -0.4 is 20.5 Å². The van der Waals surface area contributed by atoms with Crippen molar-refractivity contribution in [1.82, 2.24) is 15.4 Å². The number of hydrogen-bond acceptors (Lipinski definition) is 6. The van der Waals surface area contributed by atoms with Gasteiger partial charge in [0, 0.05) is 18.2 Å². The summed E-state index contributed by atoms with van der Waals surface area (Å²) >= 11 is 0. The Hall–Kier alpha value is -2.41. The molecule has 1 aromatic heterocycles. The zero-order valence-corrected chi connectivity index (χ0v) is 14.4. The molecule has 1 aromatic carbocycles. The smallest absolute Gasteiger partial charge is 0.132 e. The van der Waals surface area contributed by atoms with Gasteiger partial charge in [0.05, 0.1) is 30.1 Å². The molecule has 0 bridgehead atoms. The van der Waals surface area contributed by atoms with Crippen LogP contribution in [0.1, 0.15) is 37.6 Å². The normalized spacial score (nSPS) is 22.2. The third kappa shape index (κ3) is 3.24. The van der Waals surface area contributed by atoms with E-state index in [0.29, 0.717) is 19.5 Å². The van der Waals surface area contributed by atoms with Crippen molar-refractivity contribution in [2.45, 2.75) is 38.6 Å². The Morgan fingerprint density at radius 1 is 1.28 bits per heavy atom. The summed E-state index contributed by atoms with van der Waals surface area (Å²) in [5.41, 5.74) is 9.37. The van der Waals surface area contributed by atoms with Crippen LogP contribution in [-0.2, 0) is 0 Å². The van der Waals surface area contributed by atoms with Crippen molar-refractivity contribution in [2.24, 2.45) is 0 Å². The predicted octanol–water partition coefficient (Wildman–Crippen LogP) is 2.83. The Morgan fingerprint density at radius 2 is 2.16 bits per heavy atom. The van der Waals surface area contributed by atoms with Crippen molar-refractivity contribution in [3.63, 3.8) is 0 Å². The summed E-state index contributed by atoms with van der Waals surface area (Å²) in [6, 6.07) is 7.81. The molecule has 132 valence electrons. The van der Waals surface area contributed by atoms with Gasteiger partial charge in [0.2, 0.25) is 0 Å². The van der Waals surface area contributed by atoms with Gasteiger partial charge in [-0.1, -0.05) is 0 Å². The van der Waals surface area contributed by atoms with E-state index in [9.17, 15) is 4.39 Å². The van der Waals surface area contributed by atoms with Gasteiger partial charge >= 0.3 is 0 Å². The molecule has 25 heavy (non-hydrogen) atoms. The number of rotatable bonds is 4. The quantitative estimate of drug-likeness (QED) is 0.890. The van der Waals surface area contributed by atoms with Gasteiger partial charge < -0.3 is 15.1 Å². The van der Waals surface area contributed by atoms with Crippen molar-refractivity contribution in [2.75, 3.05) is 23.4 Å². The van der Waals surface area contributed by atoms with E-state index in [1.807, 2.05) is 43.0 Å². The van der Waals surface area contributed by atoms with E-state index in [1.165, 1.54) is 0 Å². The molecule has 0 aliphatic carbocycles. The summed E-state index contributed by atoms with van der Waals surface area (Å²) in [6.07, 6.45) is 1.44. The second kappa shape index (κ2) is 6.48. The van der Waals surface area contributed by atoms with Gasteiger partial charge in [0.15, 0.2) is 0 Å². The summed E-state index contributed by atoms with van der Waals surface area (Å²) in [7, 11) is 0. The fourth-order valence-electron chi connectivity index (χ4n) is 3.32. The SMILES string of the molecule is CC(C)Oc1ccc2c(c1)C(c1cc(N3CC[C@@H](F)C3)ncn1)NN2. The predicted molar refractivity (Wildman–Crippen MR) is 94.6 cm³/mol. The Kier molecular flexibility index (Phi) is 4.17. The number of fused-ring (bicyclic) bond motifs is 1. The molecule has 1 unspecified atom stereocenters. The highest BCUT2D eigenvalue weighted by atomic mass is 19.1. The third-order valence-corrected chi connectivity index (χ3v) is 4.48. The van der Waals surface area contributed by atoms with E-state index in [1.54, 1.807) is 6.33 Å². The van der Waals surface area contributed by atoms with E-state index in [2.05, 4.69) is 20.8 Å². The number of alkyl halides is 1. The second-order valence-corrected chi connectivity index (χ2v) is 6.75. The average Bonchev–Trinajstić information content (AvgIpc) is 3.20. The van der Waals surface area contributed by atoms with Crippen LogP contribution in [0, 0.1) is 0 Å². The van der Waals surface area contributed by atoms with E-state index >= 15 is 0 Å². The lowest BCUT2D eigenvalue weighted by Crippen LogP contribution is -2.24. The molecule has 2 N–H and O–H groups in total. The van der Waals surface area contributed by atoms with Crippen molar-refractivity contribution < 1.29 is 9.13 Å². The number of hydrazine groups is 1. The molecular formula is C18H22FN5O. The first kappa shape index (κ1) is 16.1. The van der Waals surface area contributed by atoms with Crippen molar-refractivity contribution in [3.05, 3.63) is 41.9 Å². The highest BCUT2D eigenvalue weighted by Gasteiger charge is 2.28. The maximum absolute atomic E-state index is 13.5. The number of benzene rings is 1. The van der Waals surface area contributed by atoms with Crippen LogP contribution >= 0.6 is 0 Å². The fourth-order valence-corrected chi connectivity index (χ4v) is 3.32. The first-order valence-corrected chi connectivity index (χ1v) is 8.63. The van der Waals surface area contributed by atoms with Crippen LogP contribution in [0.2, 0.25) is 0 Å². The summed E-state index contributed by atoms with van der Waals surface area (Å²) in [5.74, 6) is 1.60. The minimum absolute atomic E-state index is 0.101. The maximum Gasteiger partial charge on any atom is 0.132 e. The average molecular weight is 343 g/mol. The minimum Gasteiger partial charge on any atom is -0.491 e. The molecule has 2 aromatic rings. The summed E-state index contributed by atoms with van der Waals surface area (Å²) in [4.78, 5) is 10.7. The molecular weight excluding hydrogens is 321 g/mol. The van der Waals surface area contributed by atoms with Crippen LogP contribution in [0.4, 0.5) is 15.9 Å². The lowest BCUT2D eigenvalue weighted by Gasteiger charge is -2.18. The van der Waals surface area contributed by atoms with Crippen LogP contribution in [0.15, 0.2) is 30.6 Å². The molecule has 0 saturated carbocycles. The molecule has 7 heteroatoms. The Balaban J connectivity index is 1.62. The highest BCUT2D eigenvalue weighted by molar-refractivity contribution is 5.61. The largest absolute Gasteiger partial charge is 0.491 e. The number of hydrogen-bond donors (Lipinski definition) is 2. The van der Waals surface area contributed by atoms with Crippen LogP contribution in [0.25, 0.3) is 0 Å². The van der Waals surface area contributed by atoms with Gasteiger partial charge in [-0.15, -0.1) is 0 Å². The van der Waals surface area contributed by atoms with Gasteiger partial charge in [-0.05, 0) is 38.5 Å². The first-order valence-electron chi connectivity index (χ1n) is 8.63. The molecule has 0 amide bonds. The molecule has 1 fully saturated rings. The van der Waals surface area contributed by atoms with Crippen LogP contribution in [-0.4, -0.2) is 35.3 Å². The standard InChI is InChI=1S/C18H22FN5O/c1-11(2)25-13-3-4-15-14(7-13)18(23-22-15)16-8-17(21-10-20-16)24-6-5-12(19)9-24/h3-4,7-8,10-12,18,22-23H,5-6,9H2,1-2H3/t12-,18?/m1/s1. The van der Waals surface area contributed by atoms with Crippen LogP contribution in [0.5, 0.6) is 5.75 Å². The molecule has 2 aliphatic heterocycles. The minimum atomic E-state index is -0.777. The van der Waals surface area contributed by atoms with Gasteiger partial charge in [-0.3, -0.25) is 0 Å². The van der Waals surface area contributed by atoms with Gasteiger partial charge in [0.1, 0.15) is 24.1 Å². The van der Waals surface area contributed by atoms with Gasteiger partial charge in [0.25, 0.3) is 0 Å². The number of ether oxygens (including phenoxy) is 1. The van der Waals surface area contributed by atoms with Crippen molar-refractivity contribution in [3.8, 4) is 5.75 Å². The Morgan fingerprint density at radius 3 is 2.92 bits per heavy atom. The van der Waals surface area contributed by atoms with Crippen molar-refractivity contribution >= 4 is 11.5 Å². The maximum atomic E-state index is 13.5. The van der Waals surface area contributed by atoms with Gasteiger partial charge in [-0.2, -0.15) is 0 Å². The topological polar surface area (TPSA) is 62.3 Å². The van der Waals surface area contributed by atoms with Crippen molar-refractivity contribution in [1.29, 1.82) is 0 Å². The fraction of sp³-hybridized carbons (Fsp3) is 0.444. The zero-order valence-electron chi connectivity index (χ0n) is 14.4. The monoisotopic (exact) mass is 343 g/mol. The van der Waals surface area contributed by atoms with Crippen LogP contribution in [0.3, 0.4) is 0 Å². The number of anilines is 2. The first-order chi connectivity index (χ1) is 12.1. The summed E-state index contributed by atoms with van der Waals surface area (Å²) in [6.45, 7) is 5.10. The number of nitrogens with zero attached hydrogens (tertiary/aromatic N) is 3. The molecule has 2 aliphatic rings. The molecule has 4 rings (SSSR count). The number of nitrogens with one attached hydrogen (secondary N) is 2. The molecule has 3 heterocycles. The summed E-state index contributed by atoms with van der Waals surface area (Å²) in [5, 5.41) is 0. The second-order valence-electron chi connectivity index (χ2n) is 6.75. The van der Waals surface area contributed by atoms with E-state index < -0.39 is 6.17 Å². The van der Waals surface area contributed by atoms with E-state index in [4.69, 9.17) is 4.74 Å². The van der Waals surface area contributed by atoms with E-state index in [-0.39, 0.29) is 12.1 Å². The lowest BCUT2D eigenvalue weighted by atomic mass is 10.0. The Labute approximate surface area is 146 Å². The number of halogens is 1. The number of aromatic nitrogens is 2. The third-order valence-electron chi connectivity index (χ3n) is 4.48.